The van der Waals surface area contributed by atoms with E-state index in [2.05, 4.69) is 19.1 Å². The summed E-state index contributed by atoms with van der Waals surface area (Å²) in [7, 11) is 0. The molecule has 0 aromatic carbocycles. The van der Waals surface area contributed by atoms with E-state index in [4.69, 9.17) is 4.74 Å². The summed E-state index contributed by atoms with van der Waals surface area (Å²) in [6, 6.07) is 0. The van der Waals surface area contributed by atoms with Crippen molar-refractivity contribution in [2.45, 2.75) is 40.0 Å². The van der Waals surface area contributed by atoms with Gasteiger partial charge in [-0.25, -0.2) is 0 Å². The molecule has 0 aromatic rings. The van der Waals surface area contributed by atoms with E-state index in [9.17, 15) is 4.79 Å². The smallest absolute Gasteiger partial charge is 0.308 e. The number of hydrogen-bond acceptors (Lipinski definition) is 2. The lowest BCUT2D eigenvalue weighted by Crippen LogP contribution is -2.23. The van der Waals surface area contributed by atoms with Gasteiger partial charge in [0.15, 0.2) is 0 Å². The Morgan fingerprint density at radius 2 is 2.13 bits per heavy atom. The van der Waals surface area contributed by atoms with E-state index in [1.807, 2.05) is 13.8 Å². The van der Waals surface area contributed by atoms with Gasteiger partial charge in [-0.2, -0.15) is 0 Å². The Kier molecular flexibility index (Phi) is 4.86. The fraction of sp³-hybridized carbons (Fsp3) is 0.769. The van der Waals surface area contributed by atoms with Gasteiger partial charge in [0.05, 0.1) is 12.5 Å². The first-order valence-electron chi connectivity index (χ1n) is 5.96. The summed E-state index contributed by atoms with van der Waals surface area (Å²) in [5, 5.41) is 0. The average Bonchev–Trinajstić information content (AvgIpc) is 2.26. The van der Waals surface area contributed by atoms with Gasteiger partial charge in [0, 0.05) is 0 Å². The maximum absolute atomic E-state index is 11.5. The van der Waals surface area contributed by atoms with Crippen LogP contribution in [0.4, 0.5) is 0 Å². The quantitative estimate of drug-likeness (QED) is 0.526. The molecule has 0 aliphatic heterocycles. The van der Waals surface area contributed by atoms with E-state index in [1.165, 1.54) is 0 Å². The van der Waals surface area contributed by atoms with E-state index in [-0.39, 0.29) is 11.9 Å². The van der Waals surface area contributed by atoms with Gasteiger partial charge in [-0.3, -0.25) is 4.79 Å². The lowest BCUT2D eigenvalue weighted by molar-refractivity contribution is -0.149. The average molecular weight is 210 g/mol. The molecule has 0 heterocycles. The Morgan fingerprint density at radius 1 is 1.47 bits per heavy atom. The van der Waals surface area contributed by atoms with Crippen molar-refractivity contribution in [3.05, 3.63) is 12.2 Å². The van der Waals surface area contributed by atoms with Gasteiger partial charge in [-0.1, -0.05) is 32.9 Å². The maximum Gasteiger partial charge on any atom is 0.308 e. The van der Waals surface area contributed by atoms with Crippen LogP contribution in [0.25, 0.3) is 0 Å². The molecule has 3 atom stereocenters. The van der Waals surface area contributed by atoms with Crippen molar-refractivity contribution in [2.24, 2.45) is 17.8 Å². The molecule has 0 fully saturated rings. The predicted octanol–water partition coefficient (Wildman–Crippen LogP) is 3.18. The van der Waals surface area contributed by atoms with E-state index in [0.29, 0.717) is 18.4 Å². The van der Waals surface area contributed by atoms with Gasteiger partial charge in [-0.15, -0.1) is 0 Å². The van der Waals surface area contributed by atoms with E-state index < -0.39 is 0 Å². The first kappa shape index (κ1) is 12.3. The van der Waals surface area contributed by atoms with Crippen LogP contribution in [-0.2, 0) is 9.53 Å². The first-order valence-corrected chi connectivity index (χ1v) is 5.96. The standard InChI is InChI=1S/C13H22O2/c1-4-10(2)13(14)15-9-12-8-6-5-7-11(12)3/h5-6,10-12H,4,7-9H2,1-3H3. The number of hydrogen-bond donors (Lipinski definition) is 0. The molecule has 1 rings (SSSR count). The summed E-state index contributed by atoms with van der Waals surface area (Å²) in [6.07, 6.45) is 7.44. The fourth-order valence-electron chi connectivity index (χ4n) is 1.74. The van der Waals surface area contributed by atoms with Crippen LogP contribution in [0.2, 0.25) is 0 Å². The third kappa shape index (κ3) is 3.69. The highest BCUT2D eigenvalue weighted by atomic mass is 16.5. The molecule has 0 saturated heterocycles. The molecule has 3 unspecified atom stereocenters. The molecule has 2 nitrogen and oxygen atoms in total. The molecule has 0 bridgehead atoms. The van der Waals surface area contributed by atoms with E-state index in [0.717, 1.165) is 19.3 Å². The highest BCUT2D eigenvalue weighted by Crippen LogP contribution is 2.25. The van der Waals surface area contributed by atoms with Gasteiger partial charge in [-0.05, 0) is 31.1 Å². The molecule has 1 aliphatic carbocycles. The van der Waals surface area contributed by atoms with Gasteiger partial charge in [0.1, 0.15) is 0 Å². The van der Waals surface area contributed by atoms with Crippen molar-refractivity contribution in [3.63, 3.8) is 0 Å². The second kappa shape index (κ2) is 5.94. The number of ether oxygens (including phenoxy) is 1. The van der Waals surface area contributed by atoms with Gasteiger partial charge in [0.25, 0.3) is 0 Å². The molecule has 1 aliphatic rings. The Morgan fingerprint density at radius 3 is 2.73 bits per heavy atom. The van der Waals surface area contributed by atoms with Crippen LogP contribution >= 0.6 is 0 Å². The number of rotatable bonds is 4. The summed E-state index contributed by atoms with van der Waals surface area (Å²) in [5.74, 6) is 1.15. The van der Waals surface area contributed by atoms with Crippen LogP contribution in [0.15, 0.2) is 12.2 Å². The second-order valence-electron chi connectivity index (χ2n) is 4.62. The van der Waals surface area contributed by atoms with Gasteiger partial charge in [0.2, 0.25) is 0 Å². The third-order valence-electron chi connectivity index (χ3n) is 3.37. The molecule has 0 saturated carbocycles. The molecular formula is C13H22O2. The van der Waals surface area contributed by atoms with Crippen LogP contribution in [0.5, 0.6) is 0 Å². The first-order chi connectivity index (χ1) is 7.15. The topological polar surface area (TPSA) is 26.3 Å². The minimum Gasteiger partial charge on any atom is -0.465 e. The fourth-order valence-corrected chi connectivity index (χ4v) is 1.74. The van der Waals surface area contributed by atoms with E-state index >= 15 is 0 Å². The highest BCUT2D eigenvalue weighted by molar-refractivity contribution is 5.71. The summed E-state index contributed by atoms with van der Waals surface area (Å²) in [5.41, 5.74) is 0. The molecule has 0 amide bonds. The second-order valence-corrected chi connectivity index (χ2v) is 4.62. The van der Waals surface area contributed by atoms with Crippen molar-refractivity contribution < 1.29 is 9.53 Å². The number of carbonyl (C=O) groups is 1. The monoisotopic (exact) mass is 210 g/mol. The minimum absolute atomic E-state index is 0.0411. The number of carbonyl (C=O) groups excluding carboxylic acids is 1. The van der Waals surface area contributed by atoms with Gasteiger partial charge >= 0.3 is 5.97 Å². The molecule has 86 valence electrons. The Balaban J connectivity index is 2.30. The molecule has 15 heavy (non-hydrogen) atoms. The zero-order chi connectivity index (χ0) is 11.3. The summed E-state index contributed by atoms with van der Waals surface area (Å²) in [6.45, 7) is 6.75. The Bertz CT molecular complexity index is 233. The summed E-state index contributed by atoms with van der Waals surface area (Å²) in [4.78, 5) is 11.5. The van der Waals surface area contributed by atoms with Crippen LogP contribution in [0.1, 0.15) is 40.0 Å². The van der Waals surface area contributed by atoms with Crippen molar-refractivity contribution in [1.29, 1.82) is 0 Å². The van der Waals surface area contributed by atoms with Crippen LogP contribution in [0, 0.1) is 17.8 Å². The van der Waals surface area contributed by atoms with Crippen LogP contribution in [-0.4, -0.2) is 12.6 Å². The minimum atomic E-state index is -0.0424. The largest absolute Gasteiger partial charge is 0.465 e. The van der Waals surface area contributed by atoms with Gasteiger partial charge < -0.3 is 4.74 Å². The Hall–Kier alpha value is -0.790. The lowest BCUT2D eigenvalue weighted by atomic mass is 9.85. The normalized spacial score (nSPS) is 27.4. The summed E-state index contributed by atoms with van der Waals surface area (Å²) >= 11 is 0. The van der Waals surface area contributed by atoms with Crippen molar-refractivity contribution in [2.75, 3.05) is 6.61 Å². The molecule has 0 spiro atoms. The zero-order valence-electron chi connectivity index (χ0n) is 10.0. The number of esters is 1. The zero-order valence-corrected chi connectivity index (χ0v) is 10.0. The van der Waals surface area contributed by atoms with Crippen LogP contribution in [0.3, 0.4) is 0 Å². The van der Waals surface area contributed by atoms with E-state index in [1.54, 1.807) is 0 Å². The highest BCUT2D eigenvalue weighted by Gasteiger charge is 2.21. The molecule has 0 radical (unpaired) electrons. The number of allylic oxidation sites excluding steroid dienone is 2. The summed E-state index contributed by atoms with van der Waals surface area (Å²) < 4.78 is 5.33. The van der Waals surface area contributed by atoms with Crippen molar-refractivity contribution in [3.8, 4) is 0 Å². The van der Waals surface area contributed by atoms with Crippen LogP contribution < -0.4 is 0 Å². The van der Waals surface area contributed by atoms with Crippen molar-refractivity contribution >= 4 is 5.97 Å². The third-order valence-corrected chi connectivity index (χ3v) is 3.37. The molecule has 0 N–H and O–H groups in total. The Labute approximate surface area is 92.7 Å². The molecular weight excluding hydrogens is 188 g/mol. The maximum atomic E-state index is 11.5. The van der Waals surface area contributed by atoms with Crippen molar-refractivity contribution in [1.82, 2.24) is 0 Å². The predicted molar refractivity (Wildman–Crippen MR) is 61.4 cm³/mol. The molecule has 2 heteroatoms. The SMILES string of the molecule is CCC(C)C(=O)OCC1CC=CCC1C. The molecule has 0 aromatic heterocycles. The lowest BCUT2D eigenvalue weighted by Gasteiger charge is -2.25.